The molecule has 0 fully saturated rings. The van der Waals surface area contributed by atoms with Crippen molar-refractivity contribution in [2.75, 3.05) is 5.73 Å². The Morgan fingerprint density at radius 3 is 2.20 bits per heavy atom. The zero-order valence-electron chi connectivity index (χ0n) is 13.6. The molecule has 3 rings (SSSR count). The normalized spacial score (nSPS) is 11.6. The highest BCUT2D eigenvalue weighted by molar-refractivity contribution is 5.83. The van der Waals surface area contributed by atoms with E-state index < -0.39 is 11.9 Å². The Bertz CT molecular complexity index is 922. The fraction of sp³-hybridized carbons (Fsp3) is 0.167. The number of alkyl halides is 3. The SMILES string of the molecule is Cc1cc(-c2c(C)nc(N)nc2-c2ccccc2)cc(C(F)(F)F)n1. The van der Waals surface area contributed by atoms with E-state index in [1.54, 1.807) is 13.0 Å². The molecule has 0 atom stereocenters. The summed E-state index contributed by atoms with van der Waals surface area (Å²) in [5.41, 5.74) is 7.69. The molecule has 0 unspecified atom stereocenters. The molecule has 1 aromatic carbocycles. The van der Waals surface area contributed by atoms with E-state index in [1.807, 2.05) is 30.3 Å². The molecule has 0 saturated carbocycles. The molecule has 0 radical (unpaired) electrons. The first-order valence-corrected chi connectivity index (χ1v) is 7.51. The number of pyridine rings is 1. The summed E-state index contributed by atoms with van der Waals surface area (Å²) in [6.45, 7) is 3.22. The molecule has 4 nitrogen and oxygen atoms in total. The van der Waals surface area contributed by atoms with Gasteiger partial charge in [0.1, 0.15) is 5.69 Å². The number of nitrogen functional groups attached to an aromatic ring is 1. The van der Waals surface area contributed by atoms with Crippen molar-refractivity contribution < 1.29 is 13.2 Å². The van der Waals surface area contributed by atoms with E-state index in [1.165, 1.54) is 6.92 Å². The number of nitrogens with zero attached hydrogens (tertiary/aromatic N) is 3. The lowest BCUT2D eigenvalue weighted by Gasteiger charge is -2.15. The summed E-state index contributed by atoms with van der Waals surface area (Å²) in [7, 11) is 0. The summed E-state index contributed by atoms with van der Waals surface area (Å²) in [5.74, 6) is 0.0712. The molecule has 2 N–H and O–H groups in total. The second-order valence-corrected chi connectivity index (χ2v) is 5.64. The van der Waals surface area contributed by atoms with E-state index in [0.29, 0.717) is 22.5 Å². The van der Waals surface area contributed by atoms with Gasteiger partial charge in [-0.15, -0.1) is 0 Å². The molecule has 2 heterocycles. The maximum atomic E-state index is 13.1. The summed E-state index contributed by atoms with van der Waals surface area (Å²) < 4.78 is 39.4. The van der Waals surface area contributed by atoms with Gasteiger partial charge >= 0.3 is 6.18 Å². The average Bonchev–Trinajstić information content (AvgIpc) is 2.53. The third-order valence-corrected chi connectivity index (χ3v) is 3.69. The van der Waals surface area contributed by atoms with Gasteiger partial charge in [-0.2, -0.15) is 13.2 Å². The molecule has 0 bridgehead atoms. The quantitative estimate of drug-likeness (QED) is 0.747. The average molecular weight is 344 g/mol. The van der Waals surface area contributed by atoms with Gasteiger partial charge in [-0.1, -0.05) is 30.3 Å². The van der Waals surface area contributed by atoms with Crippen LogP contribution in [0.5, 0.6) is 0 Å². The molecule has 0 amide bonds. The van der Waals surface area contributed by atoms with Crippen molar-refractivity contribution in [1.82, 2.24) is 15.0 Å². The van der Waals surface area contributed by atoms with Gasteiger partial charge in [0.15, 0.2) is 0 Å². The van der Waals surface area contributed by atoms with Gasteiger partial charge in [-0.05, 0) is 31.5 Å². The molecule has 25 heavy (non-hydrogen) atoms. The van der Waals surface area contributed by atoms with Crippen LogP contribution in [0.25, 0.3) is 22.4 Å². The Hall–Kier alpha value is -2.96. The van der Waals surface area contributed by atoms with Gasteiger partial charge in [0, 0.05) is 16.8 Å². The fourth-order valence-corrected chi connectivity index (χ4v) is 2.70. The third-order valence-electron chi connectivity index (χ3n) is 3.69. The van der Waals surface area contributed by atoms with E-state index in [-0.39, 0.29) is 11.6 Å². The molecule has 0 spiro atoms. The first-order valence-electron chi connectivity index (χ1n) is 7.51. The highest BCUT2D eigenvalue weighted by atomic mass is 19.4. The predicted octanol–water partition coefficient (Wildman–Crippen LogP) is 4.42. The first kappa shape index (κ1) is 16.9. The summed E-state index contributed by atoms with van der Waals surface area (Å²) in [4.78, 5) is 12.0. The minimum Gasteiger partial charge on any atom is -0.368 e. The topological polar surface area (TPSA) is 64.7 Å². The van der Waals surface area contributed by atoms with Crippen molar-refractivity contribution in [2.24, 2.45) is 0 Å². The summed E-state index contributed by atoms with van der Waals surface area (Å²) >= 11 is 0. The molecule has 128 valence electrons. The summed E-state index contributed by atoms with van der Waals surface area (Å²) in [6.07, 6.45) is -4.53. The molecule has 0 aliphatic rings. The monoisotopic (exact) mass is 344 g/mol. The van der Waals surface area contributed by atoms with Crippen LogP contribution in [-0.4, -0.2) is 15.0 Å². The predicted molar refractivity (Wildman–Crippen MR) is 89.6 cm³/mol. The van der Waals surface area contributed by atoms with Gasteiger partial charge < -0.3 is 5.73 Å². The standard InChI is InChI=1S/C18H15F3N4/c1-10-8-13(9-14(23-10)18(19,20)21)15-11(2)24-17(22)25-16(15)12-6-4-3-5-7-12/h3-9H,1-2H3,(H2,22,24,25). The van der Waals surface area contributed by atoms with Crippen LogP contribution >= 0.6 is 0 Å². The van der Waals surface area contributed by atoms with Crippen LogP contribution in [0.4, 0.5) is 19.1 Å². The fourth-order valence-electron chi connectivity index (χ4n) is 2.70. The lowest BCUT2D eigenvalue weighted by atomic mass is 9.97. The highest BCUT2D eigenvalue weighted by Gasteiger charge is 2.33. The van der Waals surface area contributed by atoms with Crippen LogP contribution in [0, 0.1) is 13.8 Å². The number of aromatic nitrogens is 3. The van der Waals surface area contributed by atoms with Crippen LogP contribution < -0.4 is 5.73 Å². The first-order chi connectivity index (χ1) is 11.8. The number of hydrogen-bond donors (Lipinski definition) is 1. The zero-order valence-corrected chi connectivity index (χ0v) is 13.6. The molecule has 0 aliphatic heterocycles. The van der Waals surface area contributed by atoms with Crippen LogP contribution in [0.15, 0.2) is 42.5 Å². The Labute approximate surface area is 142 Å². The Morgan fingerprint density at radius 2 is 1.56 bits per heavy atom. The number of aryl methyl sites for hydroxylation is 2. The maximum Gasteiger partial charge on any atom is 0.433 e. The molecular formula is C18H15F3N4. The number of hydrogen-bond acceptors (Lipinski definition) is 4. The smallest absolute Gasteiger partial charge is 0.368 e. The molecule has 3 aromatic rings. The Morgan fingerprint density at radius 1 is 0.880 bits per heavy atom. The van der Waals surface area contributed by atoms with Crippen molar-refractivity contribution >= 4 is 5.95 Å². The number of halogens is 3. The number of nitrogens with two attached hydrogens (primary N) is 1. The highest BCUT2D eigenvalue weighted by Crippen LogP contribution is 2.36. The minimum atomic E-state index is -4.53. The van der Waals surface area contributed by atoms with Crippen LogP contribution in [-0.2, 0) is 6.18 Å². The number of benzene rings is 1. The molecule has 0 saturated heterocycles. The Kier molecular flexibility index (Phi) is 4.16. The van der Waals surface area contributed by atoms with Gasteiger partial charge in [-0.3, -0.25) is 0 Å². The van der Waals surface area contributed by atoms with Gasteiger partial charge in [0.05, 0.1) is 11.4 Å². The summed E-state index contributed by atoms with van der Waals surface area (Å²) in [5, 5.41) is 0. The van der Waals surface area contributed by atoms with E-state index in [2.05, 4.69) is 15.0 Å². The van der Waals surface area contributed by atoms with Crippen LogP contribution in [0.3, 0.4) is 0 Å². The van der Waals surface area contributed by atoms with Crippen molar-refractivity contribution in [3.8, 4) is 22.4 Å². The van der Waals surface area contributed by atoms with Crippen molar-refractivity contribution in [2.45, 2.75) is 20.0 Å². The van der Waals surface area contributed by atoms with Crippen molar-refractivity contribution in [1.29, 1.82) is 0 Å². The Balaban J connectivity index is 2.30. The minimum absolute atomic E-state index is 0.0712. The van der Waals surface area contributed by atoms with Gasteiger partial charge in [0.25, 0.3) is 0 Å². The lowest BCUT2D eigenvalue weighted by molar-refractivity contribution is -0.141. The van der Waals surface area contributed by atoms with Gasteiger partial charge in [0.2, 0.25) is 5.95 Å². The zero-order chi connectivity index (χ0) is 18.2. The second kappa shape index (κ2) is 6.16. The maximum absolute atomic E-state index is 13.1. The van der Waals surface area contributed by atoms with Crippen LogP contribution in [0.1, 0.15) is 17.1 Å². The van der Waals surface area contributed by atoms with Crippen molar-refractivity contribution in [3.05, 3.63) is 59.5 Å². The molecule has 2 aromatic heterocycles. The number of anilines is 1. The molecular weight excluding hydrogens is 329 g/mol. The summed E-state index contributed by atoms with van der Waals surface area (Å²) in [6, 6.07) is 11.7. The second-order valence-electron chi connectivity index (χ2n) is 5.64. The van der Waals surface area contributed by atoms with Gasteiger partial charge in [-0.25, -0.2) is 15.0 Å². The molecule has 7 heteroatoms. The van der Waals surface area contributed by atoms with E-state index in [0.717, 1.165) is 11.6 Å². The van der Waals surface area contributed by atoms with E-state index in [9.17, 15) is 13.2 Å². The van der Waals surface area contributed by atoms with Crippen LogP contribution in [0.2, 0.25) is 0 Å². The third kappa shape index (κ3) is 3.45. The number of rotatable bonds is 2. The van der Waals surface area contributed by atoms with E-state index >= 15 is 0 Å². The molecule has 0 aliphatic carbocycles. The van der Waals surface area contributed by atoms with Crippen molar-refractivity contribution in [3.63, 3.8) is 0 Å². The van der Waals surface area contributed by atoms with E-state index in [4.69, 9.17) is 5.73 Å². The largest absolute Gasteiger partial charge is 0.433 e. The lowest BCUT2D eigenvalue weighted by Crippen LogP contribution is -2.10.